The first-order valence-electron chi connectivity index (χ1n) is 7.03. The molecule has 1 amide bonds. The van der Waals surface area contributed by atoms with Crippen molar-refractivity contribution in [3.05, 3.63) is 28.6 Å². The summed E-state index contributed by atoms with van der Waals surface area (Å²) in [5.41, 5.74) is 0. The van der Waals surface area contributed by atoms with Crippen molar-refractivity contribution in [2.24, 2.45) is 0 Å². The van der Waals surface area contributed by atoms with E-state index in [9.17, 15) is 9.59 Å². The Hall–Kier alpha value is -1.56. The van der Waals surface area contributed by atoms with Crippen molar-refractivity contribution in [3.63, 3.8) is 0 Å². The Morgan fingerprint density at radius 2 is 2.10 bits per heavy atom. The molecule has 1 heterocycles. The predicted molar refractivity (Wildman–Crippen MR) is 81.4 cm³/mol. The number of ether oxygens (including phenoxy) is 1. The van der Waals surface area contributed by atoms with Gasteiger partial charge in [0.1, 0.15) is 5.76 Å². The van der Waals surface area contributed by atoms with Crippen LogP contribution in [0, 0.1) is 0 Å². The summed E-state index contributed by atoms with van der Waals surface area (Å²) in [4.78, 5) is 23.1. The topological polar surface area (TPSA) is 68.5 Å². The van der Waals surface area contributed by atoms with Crippen molar-refractivity contribution in [2.75, 3.05) is 6.61 Å². The summed E-state index contributed by atoms with van der Waals surface area (Å²) in [6.45, 7) is -0.248. The van der Waals surface area contributed by atoms with Gasteiger partial charge in [0.05, 0.1) is 0 Å². The lowest BCUT2D eigenvalue weighted by molar-refractivity contribution is -0.144. The molecule has 0 spiro atoms. The van der Waals surface area contributed by atoms with Crippen molar-refractivity contribution in [3.8, 4) is 0 Å². The molecule has 21 heavy (non-hydrogen) atoms. The Kier molecular flexibility index (Phi) is 6.04. The average molecular weight is 356 g/mol. The monoisotopic (exact) mass is 355 g/mol. The van der Waals surface area contributed by atoms with Crippen molar-refractivity contribution < 1.29 is 18.7 Å². The molecule has 1 aromatic heterocycles. The molecule has 1 N–H and O–H groups in total. The molecule has 0 radical (unpaired) electrons. The van der Waals surface area contributed by atoms with Gasteiger partial charge < -0.3 is 14.5 Å². The lowest BCUT2D eigenvalue weighted by atomic mass is 9.95. The van der Waals surface area contributed by atoms with Gasteiger partial charge in [0.15, 0.2) is 11.3 Å². The van der Waals surface area contributed by atoms with Crippen molar-refractivity contribution in [2.45, 2.75) is 38.1 Å². The van der Waals surface area contributed by atoms with Crippen LogP contribution in [0.1, 0.15) is 37.9 Å². The van der Waals surface area contributed by atoms with Gasteiger partial charge in [0.2, 0.25) is 0 Å². The number of hydrogen-bond donors (Lipinski definition) is 1. The van der Waals surface area contributed by atoms with Crippen molar-refractivity contribution in [1.82, 2.24) is 5.32 Å². The van der Waals surface area contributed by atoms with E-state index in [4.69, 9.17) is 9.15 Å². The molecule has 0 saturated heterocycles. The molecule has 1 aliphatic carbocycles. The molecule has 1 saturated carbocycles. The summed E-state index contributed by atoms with van der Waals surface area (Å²) < 4.78 is 10.7. The molecule has 2 rings (SSSR count). The van der Waals surface area contributed by atoms with Gasteiger partial charge in [-0.25, -0.2) is 4.79 Å². The van der Waals surface area contributed by atoms with Crippen LogP contribution in [0.25, 0.3) is 6.08 Å². The first kappa shape index (κ1) is 15.8. The number of furan rings is 1. The summed E-state index contributed by atoms with van der Waals surface area (Å²) in [7, 11) is 0. The number of rotatable bonds is 5. The summed E-state index contributed by atoms with van der Waals surface area (Å²) >= 11 is 3.17. The van der Waals surface area contributed by atoms with E-state index in [1.54, 1.807) is 12.1 Å². The second-order valence-corrected chi connectivity index (χ2v) is 5.77. The summed E-state index contributed by atoms with van der Waals surface area (Å²) in [6, 6.07) is 3.66. The van der Waals surface area contributed by atoms with Crippen LogP contribution in [0.2, 0.25) is 0 Å². The highest BCUT2D eigenvalue weighted by molar-refractivity contribution is 9.10. The largest absolute Gasteiger partial charge is 0.452 e. The quantitative estimate of drug-likeness (QED) is 0.650. The molecule has 5 nitrogen and oxygen atoms in total. The number of esters is 1. The fraction of sp³-hybridized carbons (Fsp3) is 0.467. The zero-order chi connectivity index (χ0) is 15.1. The third-order valence-electron chi connectivity index (χ3n) is 3.29. The Balaban J connectivity index is 1.68. The van der Waals surface area contributed by atoms with Gasteiger partial charge in [-0.2, -0.15) is 0 Å². The Morgan fingerprint density at radius 1 is 1.33 bits per heavy atom. The van der Waals surface area contributed by atoms with Crippen LogP contribution in [0.15, 0.2) is 27.3 Å². The molecule has 114 valence electrons. The highest BCUT2D eigenvalue weighted by atomic mass is 79.9. The van der Waals surface area contributed by atoms with Crippen LogP contribution in [0.3, 0.4) is 0 Å². The summed E-state index contributed by atoms with van der Waals surface area (Å²) in [6.07, 6.45) is 8.26. The lowest BCUT2D eigenvalue weighted by Gasteiger charge is -2.22. The zero-order valence-corrected chi connectivity index (χ0v) is 13.2. The highest BCUT2D eigenvalue weighted by Gasteiger charge is 2.16. The van der Waals surface area contributed by atoms with E-state index in [0.29, 0.717) is 10.4 Å². The SMILES string of the molecule is O=C(COC(=O)/C=C/c1ccc(Br)o1)NC1CCCCC1. The molecule has 0 atom stereocenters. The van der Waals surface area contributed by atoms with Gasteiger partial charge in [-0.3, -0.25) is 4.79 Å². The number of amides is 1. The first-order chi connectivity index (χ1) is 10.1. The third kappa shape index (κ3) is 5.75. The van der Waals surface area contributed by atoms with E-state index in [0.717, 1.165) is 25.7 Å². The normalized spacial score (nSPS) is 16.0. The van der Waals surface area contributed by atoms with Crippen molar-refractivity contribution in [1.29, 1.82) is 0 Å². The number of nitrogens with one attached hydrogen (secondary N) is 1. The minimum Gasteiger partial charge on any atom is -0.452 e. The third-order valence-corrected chi connectivity index (χ3v) is 3.72. The van der Waals surface area contributed by atoms with Gasteiger partial charge in [0.25, 0.3) is 5.91 Å². The standard InChI is InChI=1S/C15H18BrNO4/c16-13-8-6-12(21-13)7-9-15(19)20-10-14(18)17-11-4-2-1-3-5-11/h6-9,11H,1-5,10H2,(H,17,18)/b9-7+. The van der Waals surface area contributed by atoms with Crippen LogP contribution in [-0.4, -0.2) is 24.5 Å². The van der Waals surface area contributed by atoms with E-state index < -0.39 is 5.97 Å². The molecule has 6 heteroatoms. The van der Waals surface area contributed by atoms with E-state index >= 15 is 0 Å². The maximum Gasteiger partial charge on any atom is 0.331 e. The number of carbonyl (C=O) groups excluding carboxylic acids is 2. The summed E-state index contributed by atoms with van der Waals surface area (Å²) in [5, 5.41) is 2.89. The molecule has 0 aliphatic heterocycles. The Bertz CT molecular complexity index is 517. The minimum absolute atomic E-state index is 0.223. The van der Waals surface area contributed by atoms with Crippen LogP contribution < -0.4 is 5.32 Å². The summed E-state index contributed by atoms with van der Waals surface area (Å²) in [5.74, 6) is -0.281. The second kappa shape index (κ2) is 8.02. The lowest BCUT2D eigenvalue weighted by Crippen LogP contribution is -2.38. The predicted octanol–water partition coefficient (Wildman–Crippen LogP) is 3.05. The maximum atomic E-state index is 11.7. The number of halogens is 1. The minimum atomic E-state index is -0.568. The van der Waals surface area contributed by atoms with Crippen LogP contribution in [0.4, 0.5) is 0 Å². The molecule has 0 bridgehead atoms. The van der Waals surface area contributed by atoms with E-state index in [1.807, 2.05) is 0 Å². The van der Waals surface area contributed by atoms with Gasteiger partial charge in [-0.05, 0) is 47.0 Å². The molecule has 0 aromatic carbocycles. The maximum absolute atomic E-state index is 11.7. The van der Waals surface area contributed by atoms with Gasteiger partial charge in [0, 0.05) is 12.1 Å². The van der Waals surface area contributed by atoms with Crippen LogP contribution >= 0.6 is 15.9 Å². The van der Waals surface area contributed by atoms with E-state index in [2.05, 4.69) is 21.2 Å². The fourth-order valence-corrected chi connectivity index (χ4v) is 2.59. The molecule has 1 aromatic rings. The number of hydrogen-bond acceptors (Lipinski definition) is 4. The molecule has 1 aliphatic rings. The van der Waals surface area contributed by atoms with Gasteiger partial charge in [-0.1, -0.05) is 19.3 Å². The molecule has 1 fully saturated rings. The van der Waals surface area contributed by atoms with E-state index in [1.165, 1.54) is 18.6 Å². The average Bonchev–Trinajstić information content (AvgIpc) is 2.90. The van der Waals surface area contributed by atoms with Gasteiger partial charge in [-0.15, -0.1) is 0 Å². The van der Waals surface area contributed by atoms with Crippen LogP contribution in [0.5, 0.6) is 0 Å². The molecular weight excluding hydrogens is 338 g/mol. The smallest absolute Gasteiger partial charge is 0.331 e. The highest BCUT2D eigenvalue weighted by Crippen LogP contribution is 2.17. The van der Waals surface area contributed by atoms with Crippen molar-refractivity contribution >= 4 is 33.9 Å². The van der Waals surface area contributed by atoms with Gasteiger partial charge >= 0.3 is 5.97 Å². The number of carbonyl (C=O) groups is 2. The Labute approximate surface area is 131 Å². The molecule has 0 unspecified atom stereocenters. The zero-order valence-electron chi connectivity index (χ0n) is 11.6. The fourth-order valence-electron chi connectivity index (χ4n) is 2.27. The Morgan fingerprint density at radius 3 is 2.76 bits per heavy atom. The van der Waals surface area contributed by atoms with Crippen LogP contribution in [-0.2, 0) is 14.3 Å². The van der Waals surface area contributed by atoms with E-state index in [-0.39, 0.29) is 18.6 Å². The second-order valence-electron chi connectivity index (χ2n) is 4.99. The first-order valence-corrected chi connectivity index (χ1v) is 7.82. The molecular formula is C15H18BrNO4.